The van der Waals surface area contributed by atoms with Crippen LogP contribution in [0.2, 0.25) is 0 Å². The summed E-state index contributed by atoms with van der Waals surface area (Å²) < 4.78 is 0. The molecule has 0 aliphatic heterocycles. The third-order valence-corrected chi connectivity index (χ3v) is 4.01. The second-order valence-electron chi connectivity index (χ2n) is 6.24. The lowest BCUT2D eigenvalue weighted by Crippen LogP contribution is -2.27. The van der Waals surface area contributed by atoms with E-state index in [-0.39, 0.29) is 0 Å². The number of hydrogen-bond donors (Lipinski definition) is 0. The van der Waals surface area contributed by atoms with Crippen molar-refractivity contribution in [2.24, 2.45) is 0 Å². The van der Waals surface area contributed by atoms with Gasteiger partial charge >= 0.3 is 0 Å². The van der Waals surface area contributed by atoms with Crippen LogP contribution in [-0.4, -0.2) is 29.6 Å². The van der Waals surface area contributed by atoms with Crippen LogP contribution in [0.1, 0.15) is 44.9 Å². The van der Waals surface area contributed by atoms with Gasteiger partial charge in [0.25, 0.3) is 0 Å². The van der Waals surface area contributed by atoms with Gasteiger partial charge in [0.15, 0.2) is 0 Å². The highest BCUT2D eigenvalue weighted by molar-refractivity contribution is 5.60. The van der Waals surface area contributed by atoms with E-state index in [0.29, 0.717) is 0 Å². The maximum Gasteiger partial charge on any atom is 0.232 e. The average molecular weight is 326 g/mol. The van der Waals surface area contributed by atoms with E-state index >= 15 is 0 Å². The zero-order valence-corrected chi connectivity index (χ0v) is 15.7. The molecule has 0 spiro atoms. The van der Waals surface area contributed by atoms with Gasteiger partial charge in [0.1, 0.15) is 5.82 Å². The minimum atomic E-state index is 0.787. The number of nitrogens with zero attached hydrogens (tertiary/aromatic N) is 4. The molecule has 1 heterocycles. The number of rotatable bonds is 8. The summed E-state index contributed by atoms with van der Waals surface area (Å²) in [4.78, 5) is 14.1. The van der Waals surface area contributed by atoms with Gasteiger partial charge < -0.3 is 9.80 Å². The van der Waals surface area contributed by atoms with Crippen LogP contribution in [0.15, 0.2) is 30.3 Å². The Morgan fingerprint density at radius 3 is 2.21 bits per heavy atom. The Bertz CT molecular complexity index is 648. The Labute approximate surface area is 146 Å². The van der Waals surface area contributed by atoms with Gasteiger partial charge in [-0.3, -0.25) is 0 Å². The fraction of sp³-hybridized carbons (Fsp3) is 0.500. The van der Waals surface area contributed by atoms with E-state index in [9.17, 15) is 0 Å². The number of hydrogen-bond acceptors (Lipinski definition) is 4. The van der Waals surface area contributed by atoms with Crippen molar-refractivity contribution in [3.8, 4) is 0 Å². The van der Waals surface area contributed by atoms with Crippen molar-refractivity contribution in [3.05, 3.63) is 41.6 Å². The summed E-state index contributed by atoms with van der Waals surface area (Å²) in [6, 6.07) is 10.6. The highest BCUT2D eigenvalue weighted by Crippen LogP contribution is 2.25. The van der Waals surface area contributed by atoms with E-state index in [4.69, 9.17) is 9.97 Å². The molecule has 4 nitrogen and oxygen atoms in total. The molecule has 2 aromatic rings. The number of benzene rings is 1. The molecule has 0 fully saturated rings. The van der Waals surface area contributed by atoms with Crippen LogP contribution in [0.25, 0.3) is 0 Å². The van der Waals surface area contributed by atoms with E-state index in [1.165, 1.54) is 5.56 Å². The Balaban J connectivity index is 2.41. The standard InChI is InChI=1S/C20H30N4/c1-6-12-23(13-7-2)19-15-17(5)21-20(22-19)24(8-3)18-11-9-10-16(4)14-18/h9-11,14-15H,6-8,12-13H2,1-5H3. The third-order valence-electron chi connectivity index (χ3n) is 4.01. The normalized spacial score (nSPS) is 10.7. The molecule has 1 aromatic heterocycles. The van der Waals surface area contributed by atoms with Gasteiger partial charge in [-0.2, -0.15) is 4.98 Å². The lowest BCUT2D eigenvalue weighted by atomic mass is 10.2. The number of aryl methyl sites for hydroxylation is 2. The lowest BCUT2D eigenvalue weighted by Gasteiger charge is -2.26. The molecular weight excluding hydrogens is 296 g/mol. The topological polar surface area (TPSA) is 32.3 Å². The predicted molar refractivity (Wildman–Crippen MR) is 103 cm³/mol. The van der Waals surface area contributed by atoms with Crippen LogP contribution in [-0.2, 0) is 0 Å². The molecule has 1 aromatic carbocycles. The monoisotopic (exact) mass is 326 g/mol. The molecule has 0 aliphatic carbocycles. The van der Waals surface area contributed by atoms with Crippen LogP contribution in [0.4, 0.5) is 17.5 Å². The van der Waals surface area contributed by atoms with Gasteiger partial charge in [-0.1, -0.05) is 26.0 Å². The summed E-state index contributed by atoms with van der Waals surface area (Å²) in [5.74, 6) is 1.82. The van der Waals surface area contributed by atoms with E-state index in [1.54, 1.807) is 0 Å². The van der Waals surface area contributed by atoms with E-state index in [0.717, 1.165) is 55.6 Å². The van der Waals surface area contributed by atoms with Crippen molar-refractivity contribution < 1.29 is 0 Å². The van der Waals surface area contributed by atoms with Gasteiger partial charge in [0.05, 0.1) is 0 Å². The molecule has 4 heteroatoms. The van der Waals surface area contributed by atoms with E-state index in [1.807, 2.05) is 0 Å². The van der Waals surface area contributed by atoms with Crippen LogP contribution >= 0.6 is 0 Å². The quantitative estimate of drug-likeness (QED) is 0.692. The summed E-state index contributed by atoms with van der Waals surface area (Å²) in [5, 5.41) is 0. The first-order chi connectivity index (χ1) is 11.6. The predicted octanol–water partition coefficient (Wildman–Crippen LogP) is 4.88. The molecule has 0 aliphatic rings. The second-order valence-corrected chi connectivity index (χ2v) is 6.24. The second kappa shape index (κ2) is 8.67. The molecule has 0 amide bonds. The molecule has 0 unspecified atom stereocenters. The van der Waals surface area contributed by atoms with Crippen LogP contribution in [0.3, 0.4) is 0 Å². The van der Waals surface area contributed by atoms with Gasteiger partial charge in [-0.05, 0) is 51.3 Å². The van der Waals surface area contributed by atoms with Crippen molar-refractivity contribution >= 4 is 17.5 Å². The molecule has 0 bridgehead atoms. The van der Waals surface area contributed by atoms with Crippen LogP contribution in [0.5, 0.6) is 0 Å². The Hall–Kier alpha value is -2.10. The summed E-state index contributed by atoms with van der Waals surface area (Å²) >= 11 is 0. The lowest BCUT2D eigenvalue weighted by molar-refractivity contribution is 0.730. The summed E-state index contributed by atoms with van der Waals surface area (Å²) in [6.45, 7) is 13.6. The minimum absolute atomic E-state index is 0.787. The van der Waals surface area contributed by atoms with Gasteiger partial charge in [0.2, 0.25) is 5.95 Å². The molecule has 2 rings (SSSR count). The first kappa shape index (κ1) is 18.2. The molecule has 130 valence electrons. The Morgan fingerprint density at radius 1 is 0.917 bits per heavy atom. The Kier molecular flexibility index (Phi) is 6.59. The van der Waals surface area contributed by atoms with Gasteiger partial charge in [-0.25, -0.2) is 4.98 Å². The molecule has 0 radical (unpaired) electrons. The van der Waals surface area contributed by atoms with E-state index in [2.05, 4.69) is 74.8 Å². The molecule has 0 saturated carbocycles. The molecule has 0 N–H and O–H groups in total. The van der Waals surface area contributed by atoms with Crippen molar-refractivity contribution in [2.75, 3.05) is 29.4 Å². The summed E-state index contributed by atoms with van der Waals surface area (Å²) in [7, 11) is 0. The molecule has 0 atom stereocenters. The number of anilines is 3. The molecular formula is C20H30N4. The largest absolute Gasteiger partial charge is 0.356 e. The maximum atomic E-state index is 4.89. The average Bonchev–Trinajstić information content (AvgIpc) is 2.55. The van der Waals surface area contributed by atoms with Crippen molar-refractivity contribution in [1.29, 1.82) is 0 Å². The van der Waals surface area contributed by atoms with Crippen molar-refractivity contribution in [3.63, 3.8) is 0 Å². The zero-order valence-electron chi connectivity index (χ0n) is 15.7. The van der Waals surface area contributed by atoms with Crippen LogP contribution in [0, 0.1) is 13.8 Å². The zero-order chi connectivity index (χ0) is 17.5. The minimum Gasteiger partial charge on any atom is -0.356 e. The van der Waals surface area contributed by atoms with Crippen LogP contribution < -0.4 is 9.80 Å². The number of aromatic nitrogens is 2. The summed E-state index contributed by atoms with van der Waals surface area (Å²) in [6.07, 6.45) is 2.24. The van der Waals surface area contributed by atoms with Crippen molar-refractivity contribution in [1.82, 2.24) is 9.97 Å². The SMILES string of the molecule is CCCN(CCC)c1cc(C)nc(N(CC)c2cccc(C)c2)n1. The highest BCUT2D eigenvalue weighted by atomic mass is 15.3. The van der Waals surface area contributed by atoms with Gasteiger partial charge in [0, 0.05) is 37.1 Å². The molecule has 24 heavy (non-hydrogen) atoms. The van der Waals surface area contributed by atoms with Crippen molar-refractivity contribution in [2.45, 2.75) is 47.5 Å². The summed E-state index contributed by atoms with van der Waals surface area (Å²) in [5.41, 5.74) is 3.40. The fourth-order valence-electron chi connectivity index (χ4n) is 2.94. The smallest absolute Gasteiger partial charge is 0.232 e. The maximum absolute atomic E-state index is 4.89. The highest BCUT2D eigenvalue weighted by Gasteiger charge is 2.15. The first-order valence-electron chi connectivity index (χ1n) is 9.03. The fourth-order valence-corrected chi connectivity index (χ4v) is 2.94. The third kappa shape index (κ3) is 4.47. The molecule has 0 saturated heterocycles. The Morgan fingerprint density at radius 2 is 1.62 bits per heavy atom. The van der Waals surface area contributed by atoms with Gasteiger partial charge in [-0.15, -0.1) is 0 Å². The van der Waals surface area contributed by atoms with E-state index < -0.39 is 0 Å². The first-order valence-corrected chi connectivity index (χ1v) is 9.03.